The van der Waals surface area contributed by atoms with E-state index in [1.54, 1.807) is 6.92 Å². The summed E-state index contributed by atoms with van der Waals surface area (Å²) in [5, 5.41) is 13.4. The van der Waals surface area contributed by atoms with Gasteiger partial charge in [0.25, 0.3) is 0 Å². The fraction of sp³-hybridized carbons (Fsp3) is 0.714. The van der Waals surface area contributed by atoms with E-state index >= 15 is 0 Å². The first-order chi connectivity index (χ1) is 9.97. The molecule has 7 heteroatoms. The lowest BCUT2D eigenvalue weighted by Crippen LogP contribution is -2.50. The number of aliphatic hydroxyl groups is 1. The maximum Gasteiger partial charge on any atom is 0.229 e. The van der Waals surface area contributed by atoms with Crippen molar-refractivity contribution in [3.63, 3.8) is 0 Å². The lowest BCUT2D eigenvalue weighted by Gasteiger charge is -2.35. The number of hydrogen-bond acceptors (Lipinski definition) is 5. The Balaban J connectivity index is 1.77. The van der Waals surface area contributed by atoms with E-state index in [9.17, 15) is 9.90 Å². The molecule has 0 bridgehead atoms. The molecule has 1 aromatic rings. The molecular weight excluding hydrogens is 294 g/mol. The van der Waals surface area contributed by atoms with Gasteiger partial charge in [-0.3, -0.25) is 9.69 Å². The molecule has 1 saturated heterocycles. The van der Waals surface area contributed by atoms with Crippen molar-refractivity contribution in [3.8, 4) is 0 Å². The number of β-amino-alcohol motifs (C(OH)–C–C–N with tert-alkyl or cyclic N) is 1. The maximum absolute atomic E-state index is 12.2. The standard InChI is InChI=1S/C14H22ClN3O3/c1-10(19)9-17-5-7-18(8-6-17)13(20)4-3-12-11(2)16-21-14(12)15/h10,19H,3-9H2,1-2H3/t10-/m1/s1. The van der Waals surface area contributed by atoms with Crippen LogP contribution in [-0.2, 0) is 11.2 Å². The molecule has 0 spiro atoms. The molecular formula is C14H22ClN3O3. The van der Waals surface area contributed by atoms with Crippen LogP contribution in [0.4, 0.5) is 0 Å². The number of rotatable bonds is 5. The highest BCUT2D eigenvalue weighted by atomic mass is 35.5. The number of aromatic nitrogens is 1. The topological polar surface area (TPSA) is 69.8 Å². The molecule has 1 fully saturated rings. The molecule has 1 aliphatic heterocycles. The van der Waals surface area contributed by atoms with Gasteiger partial charge in [0.15, 0.2) is 0 Å². The third-order valence-corrected chi connectivity index (χ3v) is 4.07. The van der Waals surface area contributed by atoms with E-state index in [0.717, 1.165) is 24.3 Å². The van der Waals surface area contributed by atoms with E-state index in [-0.39, 0.29) is 17.2 Å². The van der Waals surface area contributed by atoms with Crippen molar-refractivity contribution >= 4 is 17.5 Å². The molecule has 1 N–H and O–H groups in total. The number of hydrogen-bond donors (Lipinski definition) is 1. The van der Waals surface area contributed by atoms with Gasteiger partial charge in [-0.2, -0.15) is 0 Å². The highest BCUT2D eigenvalue weighted by Gasteiger charge is 2.22. The molecule has 1 aliphatic rings. The Morgan fingerprint density at radius 1 is 1.43 bits per heavy atom. The number of nitrogens with zero attached hydrogens (tertiary/aromatic N) is 3. The van der Waals surface area contributed by atoms with Gasteiger partial charge in [0, 0.05) is 44.7 Å². The van der Waals surface area contributed by atoms with Crippen LogP contribution in [0.15, 0.2) is 4.52 Å². The molecule has 0 saturated carbocycles. The maximum atomic E-state index is 12.2. The number of carbonyl (C=O) groups excluding carboxylic acids is 1. The Labute approximate surface area is 129 Å². The number of piperazine rings is 1. The van der Waals surface area contributed by atoms with Crippen molar-refractivity contribution in [3.05, 3.63) is 16.5 Å². The molecule has 0 unspecified atom stereocenters. The van der Waals surface area contributed by atoms with Crippen molar-refractivity contribution in [1.82, 2.24) is 15.0 Å². The van der Waals surface area contributed by atoms with Gasteiger partial charge in [-0.1, -0.05) is 5.16 Å². The van der Waals surface area contributed by atoms with Crippen LogP contribution in [0.1, 0.15) is 24.6 Å². The highest BCUT2D eigenvalue weighted by molar-refractivity contribution is 6.29. The van der Waals surface area contributed by atoms with E-state index < -0.39 is 0 Å². The average Bonchev–Trinajstić information content (AvgIpc) is 2.75. The third kappa shape index (κ3) is 4.43. The van der Waals surface area contributed by atoms with E-state index in [4.69, 9.17) is 16.1 Å². The molecule has 2 heterocycles. The molecule has 1 amide bonds. The van der Waals surface area contributed by atoms with Gasteiger partial charge in [0.1, 0.15) is 0 Å². The molecule has 21 heavy (non-hydrogen) atoms. The zero-order chi connectivity index (χ0) is 15.4. The number of aryl methyl sites for hydroxylation is 1. The van der Waals surface area contributed by atoms with Gasteiger partial charge in [-0.15, -0.1) is 0 Å². The minimum absolute atomic E-state index is 0.128. The van der Waals surface area contributed by atoms with Crippen LogP contribution in [0.25, 0.3) is 0 Å². The molecule has 1 aromatic heterocycles. The number of halogens is 1. The Morgan fingerprint density at radius 2 is 2.10 bits per heavy atom. The molecule has 0 aliphatic carbocycles. The van der Waals surface area contributed by atoms with Gasteiger partial charge in [-0.25, -0.2) is 0 Å². The Hall–Kier alpha value is -1.11. The second-order valence-corrected chi connectivity index (χ2v) is 5.89. The predicted molar refractivity (Wildman–Crippen MR) is 79.3 cm³/mol. The van der Waals surface area contributed by atoms with Crippen molar-refractivity contribution in [2.45, 2.75) is 32.8 Å². The normalized spacial score (nSPS) is 18.0. The van der Waals surface area contributed by atoms with E-state index in [2.05, 4.69) is 10.1 Å². The van der Waals surface area contributed by atoms with Crippen molar-refractivity contribution < 1.29 is 14.4 Å². The number of carbonyl (C=O) groups is 1. The van der Waals surface area contributed by atoms with Crippen LogP contribution >= 0.6 is 11.6 Å². The smallest absolute Gasteiger partial charge is 0.229 e. The van der Waals surface area contributed by atoms with Crippen LogP contribution < -0.4 is 0 Å². The molecule has 2 rings (SSSR count). The van der Waals surface area contributed by atoms with E-state index in [1.165, 1.54) is 0 Å². The van der Waals surface area contributed by atoms with Gasteiger partial charge < -0.3 is 14.5 Å². The van der Waals surface area contributed by atoms with E-state index in [0.29, 0.717) is 32.5 Å². The Morgan fingerprint density at radius 3 is 2.62 bits per heavy atom. The lowest BCUT2D eigenvalue weighted by molar-refractivity contribution is -0.133. The van der Waals surface area contributed by atoms with Crippen LogP contribution in [0.3, 0.4) is 0 Å². The zero-order valence-corrected chi connectivity index (χ0v) is 13.3. The molecule has 0 aromatic carbocycles. The van der Waals surface area contributed by atoms with Crippen molar-refractivity contribution in [2.24, 2.45) is 0 Å². The third-order valence-electron chi connectivity index (χ3n) is 3.77. The molecule has 1 atom stereocenters. The summed E-state index contributed by atoms with van der Waals surface area (Å²) in [5.41, 5.74) is 1.56. The van der Waals surface area contributed by atoms with Crippen LogP contribution in [0.5, 0.6) is 0 Å². The van der Waals surface area contributed by atoms with Gasteiger partial charge in [0.05, 0.1) is 11.8 Å². The van der Waals surface area contributed by atoms with Crippen LogP contribution in [0, 0.1) is 6.92 Å². The minimum atomic E-state index is -0.328. The minimum Gasteiger partial charge on any atom is -0.392 e. The summed E-state index contributed by atoms with van der Waals surface area (Å²) in [6.07, 6.45) is 0.643. The summed E-state index contributed by atoms with van der Waals surface area (Å²) in [6, 6.07) is 0. The van der Waals surface area contributed by atoms with Gasteiger partial charge >= 0.3 is 0 Å². The first-order valence-electron chi connectivity index (χ1n) is 7.26. The van der Waals surface area contributed by atoms with E-state index in [1.807, 2.05) is 11.8 Å². The Kier molecular flexibility index (Phi) is 5.61. The summed E-state index contributed by atoms with van der Waals surface area (Å²) >= 11 is 5.90. The summed E-state index contributed by atoms with van der Waals surface area (Å²) < 4.78 is 4.88. The lowest BCUT2D eigenvalue weighted by atomic mass is 10.1. The number of aliphatic hydroxyl groups excluding tert-OH is 1. The quantitative estimate of drug-likeness (QED) is 0.881. The number of amides is 1. The summed E-state index contributed by atoms with van der Waals surface area (Å²) in [7, 11) is 0. The predicted octanol–water partition coefficient (Wildman–Crippen LogP) is 1.09. The van der Waals surface area contributed by atoms with Gasteiger partial charge in [-0.05, 0) is 31.9 Å². The first kappa shape index (κ1) is 16.3. The first-order valence-corrected chi connectivity index (χ1v) is 7.64. The molecule has 0 radical (unpaired) electrons. The average molecular weight is 316 g/mol. The van der Waals surface area contributed by atoms with Crippen molar-refractivity contribution in [1.29, 1.82) is 0 Å². The van der Waals surface area contributed by atoms with Gasteiger partial charge in [0.2, 0.25) is 11.1 Å². The van der Waals surface area contributed by atoms with Crippen LogP contribution in [-0.4, -0.2) is 64.8 Å². The van der Waals surface area contributed by atoms with Crippen molar-refractivity contribution in [2.75, 3.05) is 32.7 Å². The molecule has 6 nitrogen and oxygen atoms in total. The monoisotopic (exact) mass is 315 g/mol. The second-order valence-electron chi connectivity index (χ2n) is 5.55. The van der Waals surface area contributed by atoms with Crippen LogP contribution in [0.2, 0.25) is 5.22 Å². The highest BCUT2D eigenvalue weighted by Crippen LogP contribution is 2.21. The fourth-order valence-electron chi connectivity index (χ4n) is 2.58. The Bertz CT molecular complexity index is 462. The summed E-state index contributed by atoms with van der Waals surface area (Å²) in [4.78, 5) is 16.3. The fourth-order valence-corrected chi connectivity index (χ4v) is 2.85. The molecule has 118 valence electrons. The zero-order valence-electron chi connectivity index (χ0n) is 12.5. The largest absolute Gasteiger partial charge is 0.392 e. The summed E-state index contributed by atoms with van der Waals surface area (Å²) in [5.74, 6) is 0.128. The SMILES string of the molecule is Cc1noc(Cl)c1CCC(=O)N1CCN(C[C@@H](C)O)CC1. The second kappa shape index (κ2) is 7.24. The summed E-state index contributed by atoms with van der Waals surface area (Å²) in [6.45, 7) is 7.31.